The molecule has 0 amide bonds. The maximum Gasteiger partial charge on any atom is 0.175 e. The van der Waals surface area contributed by atoms with E-state index in [0.717, 1.165) is 11.1 Å². The molecule has 0 bridgehead atoms. The second-order valence-corrected chi connectivity index (χ2v) is 6.82. The summed E-state index contributed by atoms with van der Waals surface area (Å²) in [5, 5.41) is 0. The van der Waals surface area contributed by atoms with Crippen LogP contribution in [0.2, 0.25) is 0 Å². The molecule has 0 heterocycles. The van der Waals surface area contributed by atoms with Crippen LogP contribution in [0.15, 0.2) is 33.6 Å². The number of carbonyl (C=O) groups is 1. The van der Waals surface area contributed by atoms with Gasteiger partial charge in [0.1, 0.15) is 0 Å². The molecule has 1 aliphatic carbocycles. The van der Waals surface area contributed by atoms with Gasteiger partial charge in [-0.05, 0) is 45.6 Å². The van der Waals surface area contributed by atoms with Crippen molar-refractivity contribution in [1.82, 2.24) is 0 Å². The predicted molar refractivity (Wildman–Crippen MR) is 69.6 cm³/mol. The molecule has 0 aromatic heterocycles. The van der Waals surface area contributed by atoms with Crippen LogP contribution >= 0.6 is 15.9 Å². The summed E-state index contributed by atoms with van der Waals surface area (Å²) in [6, 6.07) is 6.62. The number of hydrogen-bond donors (Lipinski definition) is 0. The Hall–Kier alpha value is -0.940. The topological polar surface area (TPSA) is 51.2 Å². The average Bonchev–Trinajstić information content (AvgIpc) is 2.59. The number of Topliss-reactive ketones (excluding diaryl/α,β-unsaturated/α-hetero) is 1. The van der Waals surface area contributed by atoms with Crippen molar-refractivity contribution < 1.29 is 13.2 Å². The maximum atomic E-state index is 11.4. The van der Waals surface area contributed by atoms with Crippen LogP contribution in [-0.4, -0.2) is 20.5 Å². The van der Waals surface area contributed by atoms with Crippen molar-refractivity contribution in [2.45, 2.75) is 17.7 Å². The van der Waals surface area contributed by atoms with Gasteiger partial charge in [0.25, 0.3) is 0 Å². The normalized spacial score (nSPS) is 16.7. The van der Waals surface area contributed by atoms with Gasteiger partial charge < -0.3 is 0 Å². The number of ketones is 1. The third kappa shape index (κ3) is 2.50. The minimum Gasteiger partial charge on any atom is -0.294 e. The highest BCUT2D eigenvalue weighted by molar-refractivity contribution is 9.12. The molecule has 1 aromatic carbocycles. The van der Waals surface area contributed by atoms with Crippen LogP contribution in [0.5, 0.6) is 0 Å². The first-order chi connectivity index (χ1) is 7.89. The molecule has 90 valence electrons. The molecule has 0 spiro atoms. The second-order valence-electron chi connectivity index (χ2n) is 4.01. The van der Waals surface area contributed by atoms with Gasteiger partial charge in [-0.3, -0.25) is 4.79 Å². The van der Waals surface area contributed by atoms with Crippen molar-refractivity contribution in [3.05, 3.63) is 34.3 Å². The van der Waals surface area contributed by atoms with E-state index in [-0.39, 0.29) is 5.78 Å². The highest BCUT2D eigenvalue weighted by Crippen LogP contribution is 2.35. The fourth-order valence-corrected chi connectivity index (χ4v) is 3.06. The summed E-state index contributed by atoms with van der Waals surface area (Å²) in [6.45, 7) is 0. The van der Waals surface area contributed by atoms with Gasteiger partial charge in [0.2, 0.25) is 0 Å². The van der Waals surface area contributed by atoms with Crippen LogP contribution in [0.25, 0.3) is 5.57 Å². The average molecular weight is 315 g/mol. The van der Waals surface area contributed by atoms with Crippen LogP contribution in [0.4, 0.5) is 0 Å². The van der Waals surface area contributed by atoms with Gasteiger partial charge >= 0.3 is 0 Å². The summed E-state index contributed by atoms with van der Waals surface area (Å²) in [7, 11) is -3.16. The van der Waals surface area contributed by atoms with E-state index in [2.05, 4.69) is 15.9 Å². The zero-order valence-corrected chi connectivity index (χ0v) is 11.6. The Morgan fingerprint density at radius 3 is 2.12 bits per heavy atom. The van der Waals surface area contributed by atoms with E-state index >= 15 is 0 Å². The molecule has 3 nitrogen and oxygen atoms in total. The molecule has 0 saturated carbocycles. The summed E-state index contributed by atoms with van der Waals surface area (Å²) in [6.07, 6.45) is 2.40. The largest absolute Gasteiger partial charge is 0.294 e. The molecule has 1 aliphatic rings. The summed E-state index contributed by atoms with van der Waals surface area (Å²) in [5.74, 6) is 0.104. The van der Waals surface area contributed by atoms with Gasteiger partial charge in [-0.2, -0.15) is 0 Å². The monoisotopic (exact) mass is 314 g/mol. The Balaban J connectivity index is 2.41. The molecule has 0 N–H and O–H groups in total. The quantitative estimate of drug-likeness (QED) is 0.843. The van der Waals surface area contributed by atoms with E-state index in [9.17, 15) is 13.2 Å². The molecule has 0 aliphatic heterocycles. The fourth-order valence-electron chi connectivity index (χ4n) is 1.80. The molecule has 0 radical (unpaired) electrons. The zero-order chi connectivity index (χ0) is 12.6. The summed E-state index contributed by atoms with van der Waals surface area (Å²) < 4.78 is 23.2. The van der Waals surface area contributed by atoms with Crippen molar-refractivity contribution >= 4 is 37.1 Å². The van der Waals surface area contributed by atoms with Gasteiger partial charge in [-0.25, -0.2) is 8.42 Å². The lowest BCUT2D eigenvalue weighted by molar-refractivity contribution is -0.114. The molecular formula is C12H11BrO3S. The van der Waals surface area contributed by atoms with Crippen molar-refractivity contribution in [2.75, 3.05) is 6.26 Å². The van der Waals surface area contributed by atoms with Crippen LogP contribution in [0.3, 0.4) is 0 Å². The Labute approximate surface area is 109 Å². The third-order valence-corrected chi connectivity index (χ3v) is 4.79. The number of allylic oxidation sites excluding steroid dienone is 2. The Morgan fingerprint density at radius 1 is 1.12 bits per heavy atom. The van der Waals surface area contributed by atoms with Crippen molar-refractivity contribution in [2.24, 2.45) is 0 Å². The summed E-state index contributed by atoms with van der Waals surface area (Å²) >= 11 is 3.28. The number of carbonyl (C=O) groups excluding carboxylic acids is 1. The number of halogens is 1. The summed E-state index contributed by atoms with van der Waals surface area (Å²) in [5.41, 5.74) is 1.85. The van der Waals surface area contributed by atoms with Crippen molar-refractivity contribution in [3.8, 4) is 0 Å². The minimum absolute atomic E-state index is 0.104. The number of sulfone groups is 1. The van der Waals surface area contributed by atoms with Gasteiger partial charge in [0.05, 0.1) is 9.38 Å². The van der Waals surface area contributed by atoms with Crippen LogP contribution in [0.1, 0.15) is 18.4 Å². The number of rotatable bonds is 2. The Bertz CT molecular complexity index is 597. The zero-order valence-electron chi connectivity index (χ0n) is 9.23. The van der Waals surface area contributed by atoms with E-state index in [1.54, 1.807) is 24.3 Å². The maximum absolute atomic E-state index is 11.4. The van der Waals surface area contributed by atoms with Crippen LogP contribution < -0.4 is 0 Å². The van der Waals surface area contributed by atoms with E-state index in [0.29, 0.717) is 22.2 Å². The fraction of sp³-hybridized carbons (Fsp3) is 0.250. The van der Waals surface area contributed by atoms with Gasteiger partial charge in [-0.1, -0.05) is 12.1 Å². The molecular weight excluding hydrogens is 304 g/mol. The minimum atomic E-state index is -3.16. The predicted octanol–water partition coefficient (Wildman–Crippen LogP) is 2.56. The standard InChI is InChI=1S/C12H11BrO3S/c1-17(15,16)9-4-2-8(3-5-9)10-6-7-11(14)12(10)13/h2-5H,6-7H2,1H3. The molecule has 1 aromatic rings. The van der Waals surface area contributed by atoms with Crippen molar-refractivity contribution in [3.63, 3.8) is 0 Å². The number of hydrogen-bond acceptors (Lipinski definition) is 3. The Morgan fingerprint density at radius 2 is 1.71 bits per heavy atom. The van der Waals surface area contributed by atoms with E-state index in [1.807, 2.05) is 0 Å². The highest BCUT2D eigenvalue weighted by Gasteiger charge is 2.21. The SMILES string of the molecule is CS(=O)(=O)c1ccc(C2=C(Br)C(=O)CC2)cc1. The van der Waals surface area contributed by atoms with Crippen LogP contribution in [0, 0.1) is 0 Å². The summed E-state index contributed by atoms with van der Waals surface area (Å²) in [4.78, 5) is 11.7. The molecule has 5 heteroatoms. The van der Waals surface area contributed by atoms with Gasteiger partial charge in [0.15, 0.2) is 15.6 Å². The van der Waals surface area contributed by atoms with E-state index in [4.69, 9.17) is 0 Å². The van der Waals surface area contributed by atoms with Gasteiger partial charge in [-0.15, -0.1) is 0 Å². The lowest BCUT2D eigenvalue weighted by Crippen LogP contribution is -1.96. The smallest absolute Gasteiger partial charge is 0.175 e. The van der Waals surface area contributed by atoms with Gasteiger partial charge in [0, 0.05) is 12.7 Å². The first kappa shape index (κ1) is 12.5. The van der Waals surface area contributed by atoms with Crippen molar-refractivity contribution in [1.29, 1.82) is 0 Å². The third-order valence-electron chi connectivity index (χ3n) is 2.74. The molecule has 0 saturated heterocycles. The molecule has 2 rings (SSSR count). The Kier molecular flexibility index (Phi) is 3.23. The second kappa shape index (κ2) is 4.38. The molecule has 0 unspecified atom stereocenters. The lowest BCUT2D eigenvalue weighted by atomic mass is 10.1. The number of benzene rings is 1. The van der Waals surface area contributed by atoms with E-state index < -0.39 is 9.84 Å². The molecule has 0 atom stereocenters. The first-order valence-corrected chi connectivity index (χ1v) is 7.80. The first-order valence-electron chi connectivity index (χ1n) is 5.12. The van der Waals surface area contributed by atoms with E-state index in [1.165, 1.54) is 6.26 Å². The highest BCUT2D eigenvalue weighted by atomic mass is 79.9. The molecule has 0 fully saturated rings. The van der Waals surface area contributed by atoms with Crippen LogP contribution in [-0.2, 0) is 14.6 Å². The lowest BCUT2D eigenvalue weighted by Gasteiger charge is -2.04. The molecule has 17 heavy (non-hydrogen) atoms.